The summed E-state index contributed by atoms with van der Waals surface area (Å²) in [6.07, 6.45) is -7.76. The van der Waals surface area contributed by atoms with Crippen LogP contribution in [0.2, 0.25) is 0 Å². The van der Waals surface area contributed by atoms with Gasteiger partial charge in [0.1, 0.15) is 11.6 Å². The molecular formula is C18H13F6N3O2. The highest BCUT2D eigenvalue weighted by molar-refractivity contribution is 5.55. The van der Waals surface area contributed by atoms with E-state index >= 15 is 0 Å². The maximum Gasteiger partial charge on any atom is 0.573 e. The lowest BCUT2D eigenvalue weighted by Gasteiger charge is -2.21. The van der Waals surface area contributed by atoms with E-state index in [2.05, 4.69) is 14.9 Å². The van der Waals surface area contributed by atoms with Gasteiger partial charge < -0.3 is 14.1 Å². The first kappa shape index (κ1) is 20.5. The molecule has 0 radical (unpaired) electrons. The third-order valence-corrected chi connectivity index (χ3v) is 3.83. The molecule has 5 nitrogen and oxygen atoms in total. The average molecular weight is 417 g/mol. The van der Waals surface area contributed by atoms with Gasteiger partial charge in [0.15, 0.2) is 0 Å². The van der Waals surface area contributed by atoms with Crippen LogP contribution in [0.25, 0.3) is 11.5 Å². The normalized spacial score (nSPS) is 11.7. The van der Waals surface area contributed by atoms with E-state index in [9.17, 15) is 26.3 Å². The summed E-state index contributed by atoms with van der Waals surface area (Å²) in [5.41, 5.74) is 0.703. The minimum atomic E-state index is -4.82. The van der Waals surface area contributed by atoms with E-state index in [4.69, 9.17) is 4.42 Å². The molecular weight excluding hydrogens is 404 g/mol. The molecule has 0 spiro atoms. The summed E-state index contributed by atoms with van der Waals surface area (Å²) < 4.78 is 85.2. The summed E-state index contributed by atoms with van der Waals surface area (Å²) in [5.74, 6) is -2.20. The third kappa shape index (κ3) is 5.18. The van der Waals surface area contributed by atoms with Crippen LogP contribution >= 0.6 is 0 Å². The molecule has 1 aromatic heterocycles. The quantitative estimate of drug-likeness (QED) is 0.507. The van der Waals surface area contributed by atoms with Crippen LogP contribution in [-0.4, -0.2) is 23.6 Å². The van der Waals surface area contributed by atoms with Crippen molar-refractivity contribution in [1.29, 1.82) is 0 Å². The Bertz CT molecular complexity index is 990. The third-order valence-electron chi connectivity index (χ3n) is 3.83. The van der Waals surface area contributed by atoms with E-state index in [1.165, 1.54) is 29.2 Å². The number of hydrogen-bond acceptors (Lipinski definition) is 5. The van der Waals surface area contributed by atoms with Crippen LogP contribution in [-0.2, 0) is 6.54 Å². The molecule has 11 heteroatoms. The molecule has 1 heterocycles. The van der Waals surface area contributed by atoms with E-state index < -0.39 is 30.2 Å². The van der Waals surface area contributed by atoms with Crippen molar-refractivity contribution in [1.82, 2.24) is 10.2 Å². The molecule has 0 N–H and O–H groups in total. The fourth-order valence-corrected chi connectivity index (χ4v) is 2.51. The van der Waals surface area contributed by atoms with Gasteiger partial charge in [0.2, 0.25) is 5.89 Å². The van der Waals surface area contributed by atoms with Gasteiger partial charge in [-0.3, -0.25) is 0 Å². The molecule has 0 saturated heterocycles. The minimum absolute atomic E-state index is 0.0215. The maximum atomic E-state index is 14.4. The Labute approximate surface area is 160 Å². The van der Waals surface area contributed by atoms with E-state index in [0.717, 1.165) is 12.1 Å². The summed E-state index contributed by atoms with van der Waals surface area (Å²) in [5, 5.41) is 6.62. The number of hydrogen-bond donors (Lipinski definition) is 0. The van der Waals surface area contributed by atoms with Crippen LogP contribution in [0.1, 0.15) is 17.9 Å². The largest absolute Gasteiger partial charge is 0.573 e. The number of ether oxygens (including phenoxy) is 1. The van der Waals surface area contributed by atoms with Gasteiger partial charge in [0, 0.05) is 36.5 Å². The van der Waals surface area contributed by atoms with Gasteiger partial charge in [-0.1, -0.05) is 12.1 Å². The SMILES string of the molecule is CN(Cc1ccc(-c2nnc(C(F)F)o2)cc1F)c1cccc(OC(F)(F)F)c1. The number of halogens is 6. The van der Waals surface area contributed by atoms with Gasteiger partial charge in [0.05, 0.1) is 0 Å². The van der Waals surface area contributed by atoms with Gasteiger partial charge >= 0.3 is 12.8 Å². The number of aromatic nitrogens is 2. The fourth-order valence-electron chi connectivity index (χ4n) is 2.51. The van der Waals surface area contributed by atoms with Crippen LogP contribution in [0.3, 0.4) is 0 Å². The van der Waals surface area contributed by atoms with E-state index in [1.54, 1.807) is 13.1 Å². The smallest absolute Gasteiger partial charge is 0.415 e. The van der Waals surface area contributed by atoms with Gasteiger partial charge in [-0.05, 0) is 24.3 Å². The zero-order valence-corrected chi connectivity index (χ0v) is 14.8. The van der Waals surface area contributed by atoms with Crippen molar-refractivity contribution < 1.29 is 35.5 Å². The second kappa shape index (κ2) is 8.02. The molecule has 3 aromatic rings. The topological polar surface area (TPSA) is 51.4 Å². The predicted molar refractivity (Wildman–Crippen MR) is 89.9 cm³/mol. The highest BCUT2D eigenvalue weighted by Gasteiger charge is 2.31. The van der Waals surface area contributed by atoms with Crippen molar-refractivity contribution in [2.24, 2.45) is 0 Å². The van der Waals surface area contributed by atoms with Crippen molar-refractivity contribution >= 4 is 5.69 Å². The van der Waals surface area contributed by atoms with Gasteiger partial charge in [0.25, 0.3) is 5.89 Å². The monoisotopic (exact) mass is 417 g/mol. The number of alkyl halides is 5. The number of nitrogens with zero attached hydrogens (tertiary/aromatic N) is 3. The first-order valence-corrected chi connectivity index (χ1v) is 8.09. The van der Waals surface area contributed by atoms with Gasteiger partial charge in [-0.2, -0.15) is 8.78 Å². The standard InChI is InChI=1S/C18H13F6N3O2/c1-27(12-3-2-4-13(8-12)29-18(22,23)24)9-11-6-5-10(7-14(11)19)16-25-26-17(28-16)15(20)21/h2-8,15H,9H2,1H3. The van der Waals surface area contributed by atoms with Gasteiger partial charge in [-0.25, -0.2) is 4.39 Å². The molecule has 0 unspecified atom stereocenters. The van der Waals surface area contributed by atoms with Crippen molar-refractivity contribution in [3.63, 3.8) is 0 Å². The fraction of sp³-hybridized carbons (Fsp3) is 0.222. The van der Waals surface area contributed by atoms with E-state index in [-0.39, 0.29) is 23.6 Å². The number of rotatable bonds is 6. The Hall–Kier alpha value is -3.24. The Balaban J connectivity index is 1.75. The maximum absolute atomic E-state index is 14.4. The summed E-state index contributed by atoms with van der Waals surface area (Å²) >= 11 is 0. The van der Waals surface area contributed by atoms with Crippen molar-refractivity contribution in [2.75, 3.05) is 11.9 Å². The minimum Gasteiger partial charge on any atom is -0.415 e. The van der Waals surface area contributed by atoms with Gasteiger partial charge in [-0.15, -0.1) is 23.4 Å². The van der Waals surface area contributed by atoms with E-state index in [0.29, 0.717) is 5.69 Å². The molecule has 0 bridgehead atoms. The van der Waals surface area contributed by atoms with Crippen molar-refractivity contribution in [2.45, 2.75) is 19.3 Å². The summed E-state index contributed by atoms with van der Waals surface area (Å²) in [7, 11) is 1.56. The second-order valence-corrected chi connectivity index (χ2v) is 5.95. The molecule has 3 rings (SSSR count). The predicted octanol–water partition coefficient (Wildman–Crippen LogP) is 5.35. The summed E-state index contributed by atoms with van der Waals surface area (Å²) in [6, 6.07) is 9.10. The average Bonchev–Trinajstić information content (AvgIpc) is 3.12. The zero-order valence-electron chi connectivity index (χ0n) is 14.8. The van der Waals surface area contributed by atoms with Crippen LogP contribution < -0.4 is 9.64 Å². The van der Waals surface area contributed by atoms with Crippen LogP contribution in [0, 0.1) is 5.82 Å². The molecule has 0 fully saturated rings. The molecule has 2 aromatic carbocycles. The first-order chi connectivity index (χ1) is 13.6. The summed E-state index contributed by atoms with van der Waals surface area (Å²) in [4.78, 5) is 1.52. The lowest BCUT2D eigenvalue weighted by molar-refractivity contribution is -0.274. The first-order valence-electron chi connectivity index (χ1n) is 8.09. The Morgan fingerprint density at radius 3 is 2.48 bits per heavy atom. The molecule has 0 atom stereocenters. The summed E-state index contributed by atoms with van der Waals surface area (Å²) in [6.45, 7) is 0.0215. The molecule has 0 amide bonds. The molecule has 0 aliphatic carbocycles. The lowest BCUT2D eigenvalue weighted by Crippen LogP contribution is -2.19. The Kier molecular flexibility index (Phi) is 5.66. The van der Waals surface area contributed by atoms with E-state index in [1.807, 2.05) is 0 Å². The molecule has 0 aliphatic rings. The van der Waals surface area contributed by atoms with Crippen LogP contribution in [0.4, 0.5) is 32.0 Å². The Morgan fingerprint density at radius 2 is 1.86 bits per heavy atom. The molecule has 0 saturated carbocycles. The molecule has 29 heavy (non-hydrogen) atoms. The van der Waals surface area contributed by atoms with Crippen molar-refractivity contribution in [3.8, 4) is 17.2 Å². The molecule has 0 aliphatic heterocycles. The number of anilines is 1. The van der Waals surface area contributed by atoms with Crippen molar-refractivity contribution in [3.05, 3.63) is 59.7 Å². The lowest BCUT2D eigenvalue weighted by atomic mass is 10.1. The zero-order chi connectivity index (χ0) is 21.2. The van der Waals surface area contributed by atoms with Crippen LogP contribution in [0.5, 0.6) is 5.75 Å². The second-order valence-electron chi connectivity index (χ2n) is 5.95. The van der Waals surface area contributed by atoms with Crippen LogP contribution in [0.15, 0.2) is 46.9 Å². The highest BCUT2D eigenvalue weighted by Crippen LogP contribution is 2.28. The highest BCUT2D eigenvalue weighted by atomic mass is 19.4. The molecule has 154 valence electrons. The number of benzene rings is 2. The Morgan fingerprint density at radius 1 is 1.10 bits per heavy atom.